The molecule has 2 N–H and O–H groups in total. The van der Waals surface area contributed by atoms with Gasteiger partial charge in [0.1, 0.15) is 0 Å². The van der Waals surface area contributed by atoms with Crippen LogP contribution in [0.4, 0.5) is 10.8 Å². The van der Waals surface area contributed by atoms with Crippen molar-refractivity contribution in [3.8, 4) is 0 Å². The van der Waals surface area contributed by atoms with Crippen LogP contribution in [-0.2, 0) is 6.54 Å². The van der Waals surface area contributed by atoms with E-state index in [1.54, 1.807) is 11.3 Å². The van der Waals surface area contributed by atoms with Gasteiger partial charge in [-0.25, -0.2) is 4.98 Å². The van der Waals surface area contributed by atoms with Crippen molar-refractivity contribution in [2.24, 2.45) is 5.92 Å². The normalized spacial score (nSPS) is 23.1. The lowest BCUT2D eigenvalue weighted by Crippen LogP contribution is -2.42. The first-order valence-corrected chi connectivity index (χ1v) is 8.25. The maximum atomic E-state index is 9.95. The van der Waals surface area contributed by atoms with Crippen molar-refractivity contribution in [2.75, 3.05) is 18.4 Å². The van der Waals surface area contributed by atoms with Crippen molar-refractivity contribution in [3.63, 3.8) is 0 Å². The van der Waals surface area contributed by atoms with E-state index in [2.05, 4.69) is 27.5 Å². The van der Waals surface area contributed by atoms with Crippen LogP contribution >= 0.6 is 11.3 Å². The van der Waals surface area contributed by atoms with Crippen LogP contribution in [0.15, 0.2) is 35.7 Å². The van der Waals surface area contributed by atoms with Crippen molar-refractivity contribution in [2.45, 2.75) is 26.0 Å². The van der Waals surface area contributed by atoms with Gasteiger partial charge in [0.15, 0.2) is 5.13 Å². The number of nitrogens with zero attached hydrogens (tertiary/aromatic N) is 2. The molecule has 0 spiro atoms. The van der Waals surface area contributed by atoms with Crippen LogP contribution in [-0.4, -0.2) is 34.2 Å². The highest BCUT2D eigenvalue weighted by molar-refractivity contribution is 7.13. The van der Waals surface area contributed by atoms with Gasteiger partial charge in [-0.3, -0.25) is 4.90 Å². The summed E-state index contributed by atoms with van der Waals surface area (Å²) in [6.07, 6.45) is 0.847. The molecular weight excluding hydrogens is 282 g/mol. The van der Waals surface area contributed by atoms with Gasteiger partial charge in [-0.05, 0) is 31.0 Å². The van der Waals surface area contributed by atoms with E-state index < -0.39 is 0 Å². The fourth-order valence-electron chi connectivity index (χ4n) is 2.57. The molecule has 21 heavy (non-hydrogen) atoms. The third kappa shape index (κ3) is 3.81. The standard InChI is InChI=1S/C16H21N3OS/c1-12-7-8-19(10-15(12)20)9-14-11-21-16(18-14)17-13-5-3-2-4-6-13/h2-6,11-12,15,20H,7-10H2,1H3,(H,17,18). The molecule has 0 amide bonds. The predicted molar refractivity (Wildman–Crippen MR) is 86.9 cm³/mol. The summed E-state index contributed by atoms with van der Waals surface area (Å²) in [7, 11) is 0. The monoisotopic (exact) mass is 303 g/mol. The topological polar surface area (TPSA) is 48.4 Å². The van der Waals surface area contributed by atoms with Crippen LogP contribution in [0, 0.1) is 5.92 Å². The molecule has 0 bridgehead atoms. The minimum atomic E-state index is -0.209. The predicted octanol–water partition coefficient (Wildman–Crippen LogP) is 3.09. The highest BCUT2D eigenvalue weighted by Gasteiger charge is 2.24. The van der Waals surface area contributed by atoms with E-state index in [4.69, 9.17) is 0 Å². The van der Waals surface area contributed by atoms with Crippen molar-refractivity contribution in [1.29, 1.82) is 0 Å². The highest BCUT2D eigenvalue weighted by atomic mass is 32.1. The third-order valence-corrected chi connectivity index (χ3v) is 4.77. The van der Waals surface area contributed by atoms with Gasteiger partial charge in [0, 0.05) is 24.2 Å². The second-order valence-corrected chi connectivity index (χ2v) is 6.56. The molecule has 0 radical (unpaired) electrons. The Labute approximate surface area is 129 Å². The maximum absolute atomic E-state index is 9.95. The first-order chi connectivity index (χ1) is 10.2. The molecule has 2 atom stereocenters. The van der Waals surface area contributed by atoms with Gasteiger partial charge >= 0.3 is 0 Å². The van der Waals surface area contributed by atoms with Crippen molar-refractivity contribution < 1.29 is 5.11 Å². The zero-order chi connectivity index (χ0) is 14.7. The fourth-order valence-corrected chi connectivity index (χ4v) is 3.29. The number of rotatable bonds is 4. The van der Waals surface area contributed by atoms with Gasteiger partial charge in [0.2, 0.25) is 0 Å². The number of anilines is 2. The number of β-amino-alcohol motifs (C(OH)–C–C–N with tert-alkyl or cyclic N) is 1. The van der Waals surface area contributed by atoms with E-state index in [0.29, 0.717) is 5.92 Å². The number of para-hydroxylation sites is 1. The summed E-state index contributed by atoms with van der Waals surface area (Å²) in [5.41, 5.74) is 2.13. The molecule has 1 aromatic heterocycles. The quantitative estimate of drug-likeness (QED) is 0.911. The molecule has 1 fully saturated rings. The van der Waals surface area contributed by atoms with Crippen LogP contribution in [0.25, 0.3) is 0 Å². The van der Waals surface area contributed by atoms with Gasteiger partial charge in [-0.1, -0.05) is 25.1 Å². The Bertz CT molecular complexity index is 572. The van der Waals surface area contributed by atoms with Gasteiger partial charge in [0.05, 0.1) is 11.8 Å². The Kier molecular flexibility index (Phi) is 4.53. The minimum Gasteiger partial charge on any atom is -0.392 e. The number of nitrogens with one attached hydrogen (secondary N) is 1. The molecular formula is C16H21N3OS. The number of benzene rings is 1. The number of hydrogen-bond acceptors (Lipinski definition) is 5. The second-order valence-electron chi connectivity index (χ2n) is 5.70. The first kappa shape index (κ1) is 14.5. The number of likely N-dealkylation sites (tertiary alicyclic amines) is 1. The average molecular weight is 303 g/mol. The van der Waals surface area contributed by atoms with Crippen LogP contribution < -0.4 is 5.32 Å². The number of aliphatic hydroxyl groups excluding tert-OH is 1. The van der Waals surface area contributed by atoms with E-state index in [9.17, 15) is 5.11 Å². The van der Waals surface area contributed by atoms with Gasteiger partial charge in [0.25, 0.3) is 0 Å². The molecule has 2 aromatic rings. The summed E-state index contributed by atoms with van der Waals surface area (Å²) in [5.74, 6) is 0.409. The van der Waals surface area contributed by atoms with Crippen molar-refractivity contribution in [3.05, 3.63) is 41.4 Å². The molecule has 1 aliphatic rings. The smallest absolute Gasteiger partial charge is 0.187 e. The molecule has 5 heteroatoms. The summed E-state index contributed by atoms with van der Waals surface area (Å²) in [6.45, 7) is 4.72. The summed E-state index contributed by atoms with van der Waals surface area (Å²) < 4.78 is 0. The fraction of sp³-hybridized carbons (Fsp3) is 0.438. The molecule has 2 unspecified atom stereocenters. The molecule has 2 heterocycles. The summed E-state index contributed by atoms with van der Waals surface area (Å²) in [4.78, 5) is 6.91. The third-order valence-electron chi connectivity index (χ3n) is 3.97. The molecule has 0 aliphatic carbocycles. The number of aromatic nitrogens is 1. The first-order valence-electron chi connectivity index (χ1n) is 7.37. The zero-order valence-corrected chi connectivity index (χ0v) is 13.0. The van der Waals surface area contributed by atoms with Crippen molar-refractivity contribution in [1.82, 2.24) is 9.88 Å². The van der Waals surface area contributed by atoms with E-state index in [1.807, 2.05) is 30.3 Å². The number of aliphatic hydroxyl groups is 1. The van der Waals surface area contributed by atoms with E-state index in [0.717, 1.165) is 42.6 Å². The largest absolute Gasteiger partial charge is 0.392 e. The van der Waals surface area contributed by atoms with Crippen LogP contribution in [0.1, 0.15) is 19.0 Å². The lowest BCUT2D eigenvalue weighted by Gasteiger charge is -2.33. The summed E-state index contributed by atoms with van der Waals surface area (Å²) in [5, 5.41) is 16.3. The SMILES string of the molecule is CC1CCN(Cc2csc(Nc3ccccc3)n2)CC1O. The second kappa shape index (κ2) is 6.56. The Balaban J connectivity index is 1.58. The van der Waals surface area contributed by atoms with Crippen LogP contribution in [0.2, 0.25) is 0 Å². The van der Waals surface area contributed by atoms with Crippen LogP contribution in [0.5, 0.6) is 0 Å². The Hall–Kier alpha value is -1.43. The zero-order valence-electron chi connectivity index (χ0n) is 12.2. The Morgan fingerprint density at radius 3 is 2.95 bits per heavy atom. The molecule has 0 saturated carbocycles. The van der Waals surface area contributed by atoms with Gasteiger partial charge < -0.3 is 10.4 Å². The van der Waals surface area contributed by atoms with Crippen molar-refractivity contribution >= 4 is 22.2 Å². The molecule has 4 nitrogen and oxygen atoms in total. The highest BCUT2D eigenvalue weighted by Crippen LogP contribution is 2.23. The molecule has 1 aliphatic heterocycles. The van der Waals surface area contributed by atoms with Gasteiger partial charge in [-0.2, -0.15) is 0 Å². The van der Waals surface area contributed by atoms with Crippen LogP contribution in [0.3, 0.4) is 0 Å². The van der Waals surface area contributed by atoms with E-state index in [-0.39, 0.29) is 6.10 Å². The van der Waals surface area contributed by atoms with E-state index in [1.165, 1.54) is 0 Å². The average Bonchev–Trinajstić information content (AvgIpc) is 2.91. The van der Waals surface area contributed by atoms with Gasteiger partial charge in [-0.15, -0.1) is 11.3 Å². The molecule has 1 aromatic carbocycles. The maximum Gasteiger partial charge on any atom is 0.187 e. The molecule has 112 valence electrons. The summed E-state index contributed by atoms with van der Waals surface area (Å²) in [6, 6.07) is 10.1. The Morgan fingerprint density at radius 1 is 1.38 bits per heavy atom. The molecule has 1 saturated heterocycles. The lowest BCUT2D eigenvalue weighted by molar-refractivity contribution is 0.0255. The molecule has 3 rings (SSSR count). The summed E-state index contributed by atoms with van der Waals surface area (Å²) >= 11 is 1.62. The number of piperidine rings is 1. The lowest BCUT2D eigenvalue weighted by atomic mass is 9.96. The number of hydrogen-bond donors (Lipinski definition) is 2. The number of thiazole rings is 1. The minimum absolute atomic E-state index is 0.209. The van der Waals surface area contributed by atoms with E-state index >= 15 is 0 Å². The Morgan fingerprint density at radius 2 is 2.19 bits per heavy atom.